The van der Waals surface area contributed by atoms with Gasteiger partial charge in [-0.25, -0.2) is 4.79 Å². The number of nitrogens with two attached hydrogens (primary N) is 1. The maximum absolute atomic E-state index is 12.1. The molecule has 2 aromatic rings. The smallest absolute Gasteiger partial charge is 0.326 e. The molecule has 3 N–H and O–H groups in total. The fourth-order valence-corrected chi connectivity index (χ4v) is 1.72. The van der Waals surface area contributed by atoms with Crippen molar-refractivity contribution in [3.63, 3.8) is 0 Å². The number of methoxy groups -OCH3 is 1. The molecule has 0 aliphatic carbocycles. The van der Waals surface area contributed by atoms with Gasteiger partial charge in [-0.3, -0.25) is 4.90 Å². The number of urea groups is 1. The van der Waals surface area contributed by atoms with E-state index in [-0.39, 0.29) is 6.03 Å². The molecule has 20 heavy (non-hydrogen) atoms. The average molecular weight is 271 g/mol. The standard InChI is InChI=1S/C15H17N3O2/c1-18(13-8-6-11(16)7-9-13)15(19)17-12-4-3-5-14(10-12)20-2/h3-10H,16H2,1-2H3,(H,17,19). The number of rotatable bonds is 3. The van der Waals surface area contributed by atoms with Gasteiger partial charge in [-0.05, 0) is 36.4 Å². The molecule has 5 nitrogen and oxygen atoms in total. The maximum atomic E-state index is 12.1. The van der Waals surface area contributed by atoms with Crippen molar-refractivity contribution in [2.75, 3.05) is 30.1 Å². The highest BCUT2D eigenvalue weighted by atomic mass is 16.5. The Balaban J connectivity index is 2.09. The van der Waals surface area contributed by atoms with Crippen LogP contribution in [0.2, 0.25) is 0 Å². The summed E-state index contributed by atoms with van der Waals surface area (Å²) in [6.07, 6.45) is 0. The molecule has 2 amide bonds. The summed E-state index contributed by atoms with van der Waals surface area (Å²) in [5, 5.41) is 2.81. The van der Waals surface area contributed by atoms with E-state index in [0.29, 0.717) is 17.1 Å². The third-order valence-electron chi connectivity index (χ3n) is 2.91. The number of hydrogen-bond acceptors (Lipinski definition) is 3. The maximum Gasteiger partial charge on any atom is 0.326 e. The molecule has 0 unspecified atom stereocenters. The van der Waals surface area contributed by atoms with Gasteiger partial charge in [0.05, 0.1) is 7.11 Å². The van der Waals surface area contributed by atoms with Gasteiger partial charge in [-0.1, -0.05) is 6.07 Å². The van der Waals surface area contributed by atoms with Crippen LogP contribution < -0.4 is 20.7 Å². The molecule has 104 valence electrons. The first-order valence-electron chi connectivity index (χ1n) is 6.14. The third kappa shape index (κ3) is 3.20. The van der Waals surface area contributed by atoms with Crippen molar-refractivity contribution in [1.82, 2.24) is 0 Å². The van der Waals surface area contributed by atoms with Gasteiger partial charge < -0.3 is 15.8 Å². The first-order chi connectivity index (χ1) is 9.60. The predicted molar refractivity (Wildman–Crippen MR) is 81.3 cm³/mol. The minimum absolute atomic E-state index is 0.233. The van der Waals surface area contributed by atoms with Crippen LogP contribution in [0, 0.1) is 0 Å². The summed E-state index contributed by atoms with van der Waals surface area (Å²) >= 11 is 0. The second-order valence-corrected chi connectivity index (χ2v) is 4.31. The van der Waals surface area contributed by atoms with Crippen LogP contribution in [0.3, 0.4) is 0 Å². The molecule has 0 fully saturated rings. The van der Waals surface area contributed by atoms with Gasteiger partial charge in [0.2, 0.25) is 0 Å². The lowest BCUT2D eigenvalue weighted by molar-refractivity contribution is 0.258. The van der Waals surface area contributed by atoms with Crippen LogP contribution in [0.5, 0.6) is 5.75 Å². The van der Waals surface area contributed by atoms with E-state index in [4.69, 9.17) is 10.5 Å². The van der Waals surface area contributed by atoms with E-state index in [1.54, 1.807) is 50.6 Å². The highest BCUT2D eigenvalue weighted by molar-refractivity contribution is 6.01. The number of hydrogen-bond donors (Lipinski definition) is 2. The van der Waals surface area contributed by atoms with Crippen LogP contribution >= 0.6 is 0 Å². The Labute approximate surface area is 118 Å². The zero-order valence-electron chi connectivity index (χ0n) is 11.5. The Hall–Kier alpha value is -2.69. The lowest BCUT2D eigenvalue weighted by atomic mass is 10.2. The number of nitrogens with one attached hydrogen (secondary N) is 1. The molecule has 0 spiro atoms. The Kier molecular flexibility index (Phi) is 4.10. The van der Waals surface area contributed by atoms with Gasteiger partial charge in [0.1, 0.15) is 5.75 Å². The van der Waals surface area contributed by atoms with Crippen LogP contribution in [-0.4, -0.2) is 20.2 Å². The summed E-state index contributed by atoms with van der Waals surface area (Å²) in [5.41, 5.74) is 7.73. The topological polar surface area (TPSA) is 67.6 Å². The summed E-state index contributed by atoms with van der Waals surface area (Å²) in [6, 6.07) is 14.1. The Bertz CT molecular complexity index is 596. The third-order valence-corrected chi connectivity index (χ3v) is 2.91. The molecule has 0 saturated heterocycles. The summed E-state index contributed by atoms with van der Waals surface area (Å²) in [4.78, 5) is 13.7. The van der Waals surface area contributed by atoms with Crippen molar-refractivity contribution in [3.8, 4) is 5.75 Å². The molecule has 0 bridgehead atoms. The molecule has 0 radical (unpaired) electrons. The van der Waals surface area contributed by atoms with Crippen LogP contribution in [0.4, 0.5) is 21.9 Å². The number of nitrogens with zero attached hydrogens (tertiary/aromatic N) is 1. The average Bonchev–Trinajstić information content (AvgIpc) is 2.47. The van der Waals surface area contributed by atoms with Crippen LogP contribution in [0.1, 0.15) is 0 Å². The largest absolute Gasteiger partial charge is 0.497 e. The minimum atomic E-state index is -0.233. The molecule has 0 aliphatic rings. The predicted octanol–water partition coefficient (Wildman–Crippen LogP) is 2.95. The molecule has 0 atom stereocenters. The first-order valence-corrected chi connectivity index (χ1v) is 6.14. The second kappa shape index (κ2) is 5.97. The Morgan fingerprint density at radius 1 is 1.20 bits per heavy atom. The van der Waals surface area contributed by atoms with E-state index in [1.165, 1.54) is 4.90 Å². The fraction of sp³-hybridized carbons (Fsp3) is 0.133. The number of nitrogen functional groups attached to an aromatic ring is 1. The number of carbonyl (C=O) groups excluding carboxylic acids is 1. The Morgan fingerprint density at radius 2 is 1.90 bits per heavy atom. The lowest BCUT2D eigenvalue weighted by Gasteiger charge is -2.18. The van der Waals surface area contributed by atoms with E-state index in [0.717, 1.165) is 5.69 Å². The van der Waals surface area contributed by atoms with Gasteiger partial charge >= 0.3 is 6.03 Å². The SMILES string of the molecule is COc1cccc(NC(=O)N(C)c2ccc(N)cc2)c1. The van der Waals surface area contributed by atoms with Gasteiger partial charge in [-0.15, -0.1) is 0 Å². The van der Waals surface area contributed by atoms with Crippen LogP contribution in [0.25, 0.3) is 0 Å². The molecule has 0 aromatic heterocycles. The van der Waals surface area contributed by atoms with E-state index in [1.807, 2.05) is 12.1 Å². The molecule has 0 heterocycles. The summed E-state index contributed by atoms with van der Waals surface area (Å²) < 4.78 is 5.12. The van der Waals surface area contributed by atoms with Crippen molar-refractivity contribution in [2.45, 2.75) is 0 Å². The number of carbonyl (C=O) groups is 1. The number of ether oxygens (including phenoxy) is 1. The first kappa shape index (κ1) is 13.7. The van der Waals surface area contributed by atoms with Gasteiger partial charge in [0.15, 0.2) is 0 Å². The van der Waals surface area contributed by atoms with E-state index in [2.05, 4.69) is 5.32 Å². The summed E-state index contributed by atoms with van der Waals surface area (Å²) in [6.45, 7) is 0. The number of amides is 2. The summed E-state index contributed by atoms with van der Waals surface area (Å²) in [5.74, 6) is 0.693. The molecule has 2 aromatic carbocycles. The highest BCUT2D eigenvalue weighted by Crippen LogP contribution is 2.19. The quantitative estimate of drug-likeness (QED) is 0.843. The molecule has 2 rings (SSSR count). The molecular weight excluding hydrogens is 254 g/mol. The Morgan fingerprint density at radius 3 is 2.55 bits per heavy atom. The zero-order chi connectivity index (χ0) is 14.5. The van der Waals surface area contributed by atoms with Gasteiger partial charge in [0.25, 0.3) is 0 Å². The van der Waals surface area contributed by atoms with Gasteiger partial charge in [0, 0.05) is 30.2 Å². The monoisotopic (exact) mass is 271 g/mol. The number of benzene rings is 2. The fourth-order valence-electron chi connectivity index (χ4n) is 1.72. The summed E-state index contributed by atoms with van der Waals surface area (Å²) in [7, 11) is 3.28. The van der Waals surface area contributed by atoms with Crippen molar-refractivity contribution < 1.29 is 9.53 Å². The van der Waals surface area contributed by atoms with E-state index >= 15 is 0 Å². The van der Waals surface area contributed by atoms with Crippen molar-refractivity contribution in [2.24, 2.45) is 0 Å². The molecule has 0 saturated carbocycles. The zero-order valence-corrected chi connectivity index (χ0v) is 11.5. The molecule has 5 heteroatoms. The van der Waals surface area contributed by atoms with Crippen molar-refractivity contribution >= 4 is 23.1 Å². The van der Waals surface area contributed by atoms with Gasteiger partial charge in [-0.2, -0.15) is 0 Å². The van der Waals surface area contributed by atoms with Crippen molar-refractivity contribution in [3.05, 3.63) is 48.5 Å². The molecular formula is C15H17N3O2. The minimum Gasteiger partial charge on any atom is -0.497 e. The lowest BCUT2D eigenvalue weighted by Crippen LogP contribution is -2.31. The number of anilines is 3. The van der Waals surface area contributed by atoms with E-state index in [9.17, 15) is 4.79 Å². The second-order valence-electron chi connectivity index (χ2n) is 4.31. The molecule has 0 aliphatic heterocycles. The normalized spacial score (nSPS) is 9.90. The highest BCUT2D eigenvalue weighted by Gasteiger charge is 2.11. The van der Waals surface area contributed by atoms with E-state index < -0.39 is 0 Å². The van der Waals surface area contributed by atoms with Crippen LogP contribution in [0.15, 0.2) is 48.5 Å². The van der Waals surface area contributed by atoms with Crippen LogP contribution in [-0.2, 0) is 0 Å². The van der Waals surface area contributed by atoms with Crippen molar-refractivity contribution in [1.29, 1.82) is 0 Å².